The maximum Gasteiger partial charge on any atom is 0.322 e. The largest absolute Gasteiger partial charge is 0.334 e. The number of nitrogens with one attached hydrogen (secondary N) is 1. The van der Waals surface area contributed by atoms with E-state index in [-0.39, 0.29) is 12.1 Å². The molecule has 9 heteroatoms. The van der Waals surface area contributed by atoms with Gasteiger partial charge in [0.05, 0.1) is 17.8 Å². The molecule has 4 rings (SSSR count). The summed E-state index contributed by atoms with van der Waals surface area (Å²) in [7, 11) is 1.83. The van der Waals surface area contributed by atoms with Gasteiger partial charge in [-0.1, -0.05) is 18.0 Å². The minimum absolute atomic E-state index is 0.166. The van der Waals surface area contributed by atoms with E-state index >= 15 is 0 Å². The van der Waals surface area contributed by atoms with Gasteiger partial charge in [-0.15, -0.1) is 0 Å². The first-order valence-corrected chi connectivity index (χ1v) is 9.01. The smallest absolute Gasteiger partial charge is 0.322 e. The summed E-state index contributed by atoms with van der Waals surface area (Å²) in [5.41, 5.74) is 1.47. The highest BCUT2D eigenvalue weighted by Crippen LogP contribution is 2.30. The molecular formula is C18H21N7O2. The fourth-order valence-electron chi connectivity index (χ4n) is 3.27. The van der Waals surface area contributed by atoms with Gasteiger partial charge in [-0.2, -0.15) is 10.1 Å². The second-order valence-electron chi connectivity index (χ2n) is 6.58. The topological polar surface area (TPSA) is 102 Å². The van der Waals surface area contributed by atoms with Crippen molar-refractivity contribution in [3.8, 4) is 11.5 Å². The van der Waals surface area contributed by atoms with E-state index in [0.717, 1.165) is 31.2 Å². The van der Waals surface area contributed by atoms with Crippen LogP contribution in [0.5, 0.6) is 0 Å². The third-order valence-corrected chi connectivity index (χ3v) is 4.64. The van der Waals surface area contributed by atoms with Crippen molar-refractivity contribution in [2.75, 3.05) is 11.9 Å². The average Bonchev–Trinajstić information content (AvgIpc) is 3.25. The lowest BCUT2D eigenvalue weighted by molar-refractivity contribution is 0.185. The van der Waals surface area contributed by atoms with E-state index in [1.165, 1.54) is 0 Å². The number of hydrogen-bond acceptors (Lipinski definition) is 6. The van der Waals surface area contributed by atoms with E-state index in [1.54, 1.807) is 40.3 Å². The fraction of sp³-hybridized carbons (Fsp3) is 0.389. The van der Waals surface area contributed by atoms with E-state index < -0.39 is 0 Å². The Morgan fingerprint density at radius 3 is 2.89 bits per heavy atom. The molecule has 9 nitrogen and oxygen atoms in total. The SMILES string of the molecule is Cn1cc(-c2nc([C@@H]3CCCCCN3C(=O)Nc3ccncc3)no2)cn1. The number of urea groups is 1. The van der Waals surface area contributed by atoms with Crippen molar-refractivity contribution in [3.05, 3.63) is 42.7 Å². The minimum atomic E-state index is -0.219. The molecule has 140 valence electrons. The number of likely N-dealkylation sites (tertiary alicyclic amines) is 1. The summed E-state index contributed by atoms with van der Waals surface area (Å²) in [5, 5.41) is 11.2. The lowest BCUT2D eigenvalue weighted by Gasteiger charge is -2.27. The van der Waals surface area contributed by atoms with E-state index in [9.17, 15) is 4.79 Å². The second kappa shape index (κ2) is 7.56. The molecule has 3 aromatic heterocycles. The molecule has 0 aromatic carbocycles. The zero-order chi connectivity index (χ0) is 18.6. The molecule has 1 N–H and O–H groups in total. The summed E-state index contributed by atoms with van der Waals surface area (Å²) in [5.74, 6) is 0.942. The monoisotopic (exact) mass is 367 g/mol. The normalized spacial score (nSPS) is 17.5. The van der Waals surface area contributed by atoms with Crippen molar-refractivity contribution < 1.29 is 9.32 Å². The second-order valence-corrected chi connectivity index (χ2v) is 6.58. The molecule has 27 heavy (non-hydrogen) atoms. The molecule has 0 aliphatic carbocycles. The van der Waals surface area contributed by atoms with Crippen LogP contribution >= 0.6 is 0 Å². The van der Waals surface area contributed by atoms with Gasteiger partial charge in [0.2, 0.25) is 0 Å². The number of pyridine rings is 1. The quantitative estimate of drug-likeness (QED) is 0.763. The van der Waals surface area contributed by atoms with Crippen LogP contribution in [0.1, 0.15) is 37.5 Å². The van der Waals surface area contributed by atoms with E-state index in [4.69, 9.17) is 4.52 Å². The van der Waals surface area contributed by atoms with E-state index in [2.05, 4.69) is 25.5 Å². The molecule has 3 aromatic rings. The molecule has 0 spiro atoms. The van der Waals surface area contributed by atoms with Crippen LogP contribution in [0.25, 0.3) is 11.5 Å². The van der Waals surface area contributed by atoms with Crippen LogP contribution in [0.15, 0.2) is 41.4 Å². The number of aromatic nitrogens is 5. The van der Waals surface area contributed by atoms with Crippen LogP contribution < -0.4 is 5.32 Å². The lowest BCUT2D eigenvalue weighted by Crippen LogP contribution is -2.38. The van der Waals surface area contributed by atoms with Crippen molar-refractivity contribution in [2.45, 2.75) is 31.7 Å². The number of carbonyl (C=O) groups excluding carboxylic acids is 1. The Morgan fingerprint density at radius 2 is 2.11 bits per heavy atom. The first-order chi connectivity index (χ1) is 13.2. The zero-order valence-corrected chi connectivity index (χ0v) is 15.1. The Labute approximate surface area is 156 Å². The van der Waals surface area contributed by atoms with Crippen LogP contribution in [0, 0.1) is 0 Å². The van der Waals surface area contributed by atoms with Gasteiger partial charge in [-0.3, -0.25) is 9.67 Å². The van der Waals surface area contributed by atoms with Crippen molar-refractivity contribution in [3.63, 3.8) is 0 Å². The van der Waals surface area contributed by atoms with E-state index in [1.807, 2.05) is 13.2 Å². The van der Waals surface area contributed by atoms with Gasteiger partial charge in [0.25, 0.3) is 5.89 Å². The zero-order valence-electron chi connectivity index (χ0n) is 15.1. The standard InChI is InChI=1S/C18H21N7O2/c1-24-12-13(11-20-24)17-22-16(23-27-17)15-5-3-2-4-10-25(15)18(26)21-14-6-8-19-9-7-14/h6-9,11-12,15H,2-5,10H2,1H3,(H,19,21,26)/t15-/m0/s1. The summed E-state index contributed by atoms with van der Waals surface area (Å²) in [6.45, 7) is 0.651. The van der Waals surface area contributed by atoms with Gasteiger partial charge >= 0.3 is 6.03 Å². The first kappa shape index (κ1) is 17.2. The molecule has 0 bridgehead atoms. The Hall–Kier alpha value is -3.23. The molecule has 0 saturated carbocycles. The number of hydrogen-bond donors (Lipinski definition) is 1. The molecule has 1 aliphatic rings. The number of anilines is 1. The fourth-order valence-corrected chi connectivity index (χ4v) is 3.27. The maximum absolute atomic E-state index is 12.9. The third-order valence-electron chi connectivity index (χ3n) is 4.64. The average molecular weight is 367 g/mol. The molecule has 0 unspecified atom stereocenters. The number of amides is 2. The van der Waals surface area contributed by atoms with Gasteiger partial charge in [-0.05, 0) is 25.0 Å². The summed E-state index contributed by atoms with van der Waals surface area (Å²) < 4.78 is 7.10. The van der Waals surface area contributed by atoms with Crippen molar-refractivity contribution >= 4 is 11.7 Å². The predicted molar refractivity (Wildman–Crippen MR) is 97.7 cm³/mol. The van der Waals surface area contributed by atoms with Crippen molar-refractivity contribution in [2.24, 2.45) is 7.05 Å². The van der Waals surface area contributed by atoms with Crippen LogP contribution in [0.3, 0.4) is 0 Å². The predicted octanol–water partition coefficient (Wildman–Crippen LogP) is 3.01. The maximum atomic E-state index is 12.9. The molecule has 1 fully saturated rings. The highest BCUT2D eigenvalue weighted by atomic mass is 16.5. The molecule has 2 amide bonds. The third kappa shape index (κ3) is 3.81. The van der Waals surface area contributed by atoms with E-state index in [0.29, 0.717) is 23.9 Å². The lowest BCUT2D eigenvalue weighted by atomic mass is 10.1. The van der Waals surface area contributed by atoms with Gasteiger partial charge in [-0.25, -0.2) is 4.79 Å². The Kier molecular flexibility index (Phi) is 4.82. The van der Waals surface area contributed by atoms with Gasteiger partial charge in [0.1, 0.15) is 0 Å². The number of aryl methyl sites for hydroxylation is 1. The first-order valence-electron chi connectivity index (χ1n) is 9.01. The van der Waals surface area contributed by atoms with Gasteiger partial charge < -0.3 is 14.7 Å². The number of carbonyl (C=O) groups is 1. The molecule has 1 saturated heterocycles. The summed E-state index contributed by atoms with van der Waals surface area (Å²) in [6, 6.07) is 3.14. The Balaban J connectivity index is 1.57. The summed E-state index contributed by atoms with van der Waals surface area (Å²) in [6.07, 6.45) is 10.6. The highest BCUT2D eigenvalue weighted by molar-refractivity contribution is 5.89. The Bertz CT molecular complexity index is 905. The molecule has 4 heterocycles. The molecule has 0 radical (unpaired) electrons. The van der Waals surface area contributed by atoms with Crippen molar-refractivity contribution in [1.29, 1.82) is 0 Å². The summed E-state index contributed by atoms with van der Waals surface area (Å²) >= 11 is 0. The van der Waals surface area contributed by atoms with Crippen LogP contribution in [0.4, 0.5) is 10.5 Å². The van der Waals surface area contributed by atoms with Crippen molar-refractivity contribution in [1.82, 2.24) is 29.8 Å². The summed E-state index contributed by atoms with van der Waals surface area (Å²) in [4.78, 5) is 23.2. The molecule has 1 aliphatic heterocycles. The highest BCUT2D eigenvalue weighted by Gasteiger charge is 2.30. The minimum Gasteiger partial charge on any atom is -0.334 e. The van der Waals surface area contributed by atoms with Crippen LogP contribution in [-0.2, 0) is 7.05 Å². The number of nitrogens with zero attached hydrogens (tertiary/aromatic N) is 6. The van der Waals surface area contributed by atoms with Crippen LogP contribution in [-0.4, -0.2) is 42.4 Å². The number of rotatable bonds is 3. The van der Waals surface area contributed by atoms with Gasteiger partial charge in [0.15, 0.2) is 5.82 Å². The van der Waals surface area contributed by atoms with Crippen LogP contribution in [0.2, 0.25) is 0 Å². The molecule has 1 atom stereocenters. The van der Waals surface area contributed by atoms with Gasteiger partial charge in [0, 0.05) is 37.9 Å². The Morgan fingerprint density at radius 1 is 1.26 bits per heavy atom. The molecular weight excluding hydrogens is 346 g/mol.